The summed E-state index contributed by atoms with van der Waals surface area (Å²) in [5.41, 5.74) is 3.47. The quantitative estimate of drug-likeness (QED) is 0.591. The number of hydrogen-bond acceptors (Lipinski definition) is 4. The van der Waals surface area contributed by atoms with Crippen molar-refractivity contribution in [3.8, 4) is 22.4 Å². The summed E-state index contributed by atoms with van der Waals surface area (Å²) in [6.45, 7) is 4.12. The van der Waals surface area contributed by atoms with Crippen molar-refractivity contribution in [2.24, 2.45) is 0 Å². The SMILES string of the molecule is COC(=O)c1c(-c2ccccc2)c(-c2ccn(C(C)C)n2)cn1N. The molecule has 1 aromatic carbocycles. The predicted molar refractivity (Wildman–Crippen MR) is 93.0 cm³/mol. The van der Waals surface area contributed by atoms with Crippen LogP contribution in [0.2, 0.25) is 0 Å². The number of carbonyl (C=O) groups is 1. The standard InChI is InChI=1S/C18H20N4O2/c1-12(2)22-10-9-15(20-22)14-11-21(19)17(18(23)24-3)16(14)13-7-5-4-6-8-13/h4-12H,19H2,1-3H3. The van der Waals surface area contributed by atoms with Crippen molar-refractivity contribution in [1.82, 2.24) is 14.5 Å². The number of ether oxygens (including phenoxy) is 1. The van der Waals surface area contributed by atoms with Crippen LogP contribution in [-0.4, -0.2) is 27.5 Å². The highest BCUT2D eigenvalue weighted by molar-refractivity contribution is 6.01. The minimum atomic E-state index is -0.481. The molecule has 0 atom stereocenters. The van der Waals surface area contributed by atoms with Crippen LogP contribution in [-0.2, 0) is 4.74 Å². The Morgan fingerprint density at radius 3 is 2.50 bits per heavy atom. The van der Waals surface area contributed by atoms with Gasteiger partial charge in [0.25, 0.3) is 0 Å². The van der Waals surface area contributed by atoms with E-state index in [9.17, 15) is 4.79 Å². The second-order valence-electron chi connectivity index (χ2n) is 5.81. The molecule has 3 aromatic rings. The Kier molecular flexibility index (Phi) is 4.12. The Morgan fingerprint density at radius 2 is 1.92 bits per heavy atom. The number of nitrogens with two attached hydrogens (primary N) is 1. The summed E-state index contributed by atoms with van der Waals surface area (Å²) in [6.07, 6.45) is 3.63. The molecule has 2 heterocycles. The van der Waals surface area contributed by atoms with Gasteiger partial charge in [-0.25, -0.2) is 4.79 Å². The van der Waals surface area contributed by atoms with Crippen LogP contribution >= 0.6 is 0 Å². The van der Waals surface area contributed by atoms with Crippen LogP contribution in [0.4, 0.5) is 0 Å². The topological polar surface area (TPSA) is 75.1 Å². The molecule has 0 amide bonds. The summed E-state index contributed by atoms with van der Waals surface area (Å²) in [5, 5.41) is 4.60. The lowest BCUT2D eigenvalue weighted by Crippen LogP contribution is -2.17. The van der Waals surface area contributed by atoms with Crippen LogP contribution in [0.5, 0.6) is 0 Å². The Morgan fingerprint density at radius 1 is 1.21 bits per heavy atom. The zero-order chi connectivity index (χ0) is 17.3. The van der Waals surface area contributed by atoms with E-state index in [-0.39, 0.29) is 6.04 Å². The second kappa shape index (κ2) is 6.23. The van der Waals surface area contributed by atoms with Crippen molar-refractivity contribution in [1.29, 1.82) is 0 Å². The summed E-state index contributed by atoms with van der Waals surface area (Å²) in [5.74, 6) is 5.56. The molecule has 6 nitrogen and oxygen atoms in total. The molecule has 0 saturated heterocycles. The van der Waals surface area contributed by atoms with E-state index >= 15 is 0 Å². The molecule has 0 saturated carbocycles. The van der Waals surface area contributed by atoms with E-state index in [4.69, 9.17) is 10.6 Å². The fraction of sp³-hybridized carbons (Fsp3) is 0.222. The molecule has 0 aliphatic rings. The number of rotatable bonds is 4. The Balaban J connectivity index is 2.24. The Bertz CT molecular complexity index is 863. The first-order valence-electron chi connectivity index (χ1n) is 7.72. The number of esters is 1. The summed E-state index contributed by atoms with van der Waals surface area (Å²) in [7, 11) is 1.34. The highest BCUT2D eigenvalue weighted by atomic mass is 16.5. The molecule has 24 heavy (non-hydrogen) atoms. The van der Waals surface area contributed by atoms with E-state index in [0.29, 0.717) is 5.69 Å². The van der Waals surface area contributed by atoms with E-state index in [0.717, 1.165) is 22.4 Å². The number of hydrogen-bond donors (Lipinski definition) is 1. The number of carbonyl (C=O) groups excluding carboxylic acids is 1. The van der Waals surface area contributed by atoms with E-state index in [1.54, 1.807) is 6.20 Å². The molecular formula is C18H20N4O2. The molecule has 0 aliphatic heterocycles. The fourth-order valence-corrected chi connectivity index (χ4v) is 2.69. The maximum absolute atomic E-state index is 12.2. The van der Waals surface area contributed by atoms with Crippen molar-refractivity contribution < 1.29 is 9.53 Å². The van der Waals surface area contributed by atoms with Gasteiger partial charge < -0.3 is 10.6 Å². The lowest BCUT2D eigenvalue weighted by molar-refractivity contribution is 0.0592. The van der Waals surface area contributed by atoms with Gasteiger partial charge in [0.2, 0.25) is 0 Å². The molecule has 0 spiro atoms. The first kappa shape index (κ1) is 15.9. The lowest BCUT2D eigenvalue weighted by atomic mass is 10.00. The maximum atomic E-state index is 12.2. The minimum Gasteiger partial charge on any atom is -0.464 e. The first-order chi connectivity index (χ1) is 11.5. The predicted octanol–water partition coefficient (Wildman–Crippen LogP) is 3.10. The molecule has 0 unspecified atom stereocenters. The van der Waals surface area contributed by atoms with Crippen molar-refractivity contribution in [3.63, 3.8) is 0 Å². The number of benzene rings is 1. The molecule has 6 heteroatoms. The number of nitrogens with zero attached hydrogens (tertiary/aromatic N) is 3. The number of nitrogen functional groups attached to an aromatic ring is 1. The summed E-state index contributed by atoms with van der Waals surface area (Å²) >= 11 is 0. The molecule has 0 radical (unpaired) electrons. The summed E-state index contributed by atoms with van der Waals surface area (Å²) < 4.78 is 8.08. The monoisotopic (exact) mass is 324 g/mol. The molecule has 0 bridgehead atoms. The molecule has 0 fully saturated rings. The first-order valence-corrected chi connectivity index (χ1v) is 7.72. The zero-order valence-corrected chi connectivity index (χ0v) is 13.9. The van der Waals surface area contributed by atoms with Gasteiger partial charge in [-0.3, -0.25) is 9.36 Å². The minimum absolute atomic E-state index is 0.249. The highest BCUT2D eigenvalue weighted by Crippen LogP contribution is 2.35. The van der Waals surface area contributed by atoms with Crippen LogP contribution in [0, 0.1) is 0 Å². The van der Waals surface area contributed by atoms with Crippen LogP contribution in [0.25, 0.3) is 22.4 Å². The average molecular weight is 324 g/mol. The van der Waals surface area contributed by atoms with Crippen molar-refractivity contribution in [3.05, 3.63) is 54.5 Å². The maximum Gasteiger partial charge on any atom is 0.357 e. The third kappa shape index (κ3) is 2.67. The third-order valence-corrected chi connectivity index (χ3v) is 3.89. The van der Waals surface area contributed by atoms with E-state index < -0.39 is 5.97 Å². The molecule has 124 valence electrons. The largest absolute Gasteiger partial charge is 0.464 e. The van der Waals surface area contributed by atoms with Gasteiger partial charge >= 0.3 is 5.97 Å². The summed E-state index contributed by atoms with van der Waals surface area (Å²) in [6, 6.07) is 11.8. The lowest BCUT2D eigenvalue weighted by Gasteiger charge is -2.07. The van der Waals surface area contributed by atoms with E-state index in [1.807, 2.05) is 47.3 Å². The normalized spacial score (nSPS) is 11.0. The number of methoxy groups -OCH3 is 1. The van der Waals surface area contributed by atoms with Crippen LogP contribution in [0.1, 0.15) is 30.4 Å². The molecule has 2 N–H and O–H groups in total. The molecule has 2 aromatic heterocycles. The van der Waals surface area contributed by atoms with Gasteiger partial charge in [-0.2, -0.15) is 5.10 Å². The third-order valence-electron chi connectivity index (χ3n) is 3.89. The Hall–Kier alpha value is -3.02. The van der Waals surface area contributed by atoms with Crippen LogP contribution in [0.3, 0.4) is 0 Å². The van der Waals surface area contributed by atoms with E-state index in [2.05, 4.69) is 18.9 Å². The van der Waals surface area contributed by atoms with Crippen molar-refractivity contribution >= 4 is 5.97 Å². The van der Waals surface area contributed by atoms with Gasteiger partial charge in [-0.15, -0.1) is 0 Å². The molecule has 0 aliphatic carbocycles. The van der Waals surface area contributed by atoms with Gasteiger partial charge in [0.15, 0.2) is 5.69 Å². The fourth-order valence-electron chi connectivity index (χ4n) is 2.69. The van der Waals surface area contributed by atoms with Crippen LogP contribution in [0.15, 0.2) is 48.8 Å². The zero-order valence-electron chi connectivity index (χ0n) is 13.9. The number of aromatic nitrogens is 3. The van der Waals surface area contributed by atoms with Crippen LogP contribution < -0.4 is 5.84 Å². The van der Waals surface area contributed by atoms with Gasteiger partial charge in [0, 0.05) is 29.6 Å². The molecular weight excluding hydrogens is 304 g/mol. The molecule has 3 rings (SSSR count). The van der Waals surface area contributed by atoms with Gasteiger partial charge in [-0.1, -0.05) is 30.3 Å². The van der Waals surface area contributed by atoms with Gasteiger partial charge in [-0.05, 0) is 25.5 Å². The van der Waals surface area contributed by atoms with Gasteiger partial charge in [0.1, 0.15) is 0 Å². The van der Waals surface area contributed by atoms with Crippen molar-refractivity contribution in [2.75, 3.05) is 13.0 Å². The summed E-state index contributed by atoms with van der Waals surface area (Å²) in [4.78, 5) is 12.2. The second-order valence-corrected chi connectivity index (χ2v) is 5.81. The van der Waals surface area contributed by atoms with Gasteiger partial charge in [0.05, 0.1) is 12.8 Å². The highest BCUT2D eigenvalue weighted by Gasteiger charge is 2.24. The Labute approximate surface area is 140 Å². The van der Waals surface area contributed by atoms with Crippen molar-refractivity contribution in [2.45, 2.75) is 19.9 Å². The smallest absolute Gasteiger partial charge is 0.357 e. The van der Waals surface area contributed by atoms with E-state index in [1.165, 1.54) is 11.8 Å². The average Bonchev–Trinajstić information content (AvgIpc) is 3.19.